The van der Waals surface area contributed by atoms with Crippen molar-refractivity contribution in [2.24, 2.45) is 0 Å². The van der Waals surface area contributed by atoms with Crippen molar-refractivity contribution in [2.45, 2.75) is 19.4 Å². The van der Waals surface area contributed by atoms with Gasteiger partial charge in [-0.15, -0.1) is 0 Å². The van der Waals surface area contributed by atoms with Gasteiger partial charge in [-0.25, -0.2) is 4.79 Å². The van der Waals surface area contributed by atoms with Gasteiger partial charge < -0.3 is 14.8 Å². The molecule has 0 saturated carbocycles. The maximum atomic E-state index is 12.4. The molecule has 1 heterocycles. The number of ether oxygens (including phenoxy) is 2. The Labute approximate surface area is 173 Å². The number of carbonyl (C=O) groups is 4. The second-order valence-corrected chi connectivity index (χ2v) is 6.72. The molecule has 8 heteroatoms. The van der Waals surface area contributed by atoms with Crippen molar-refractivity contribution in [3.05, 3.63) is 65.2 Å². The van der Waals surface area contributed by atoms with Gasteiger partial charge in [-0.3, -0.25) is 19.3 Å². The van der Waals surface area contributed by atoms with E-state index in [0.29, 0.717) is 13.0 Å². The van der Waals surface area contributed by atoms with Crippen LogP contribution in [0.15, 0.2) is 48.5 Å². The Balaban J connectivity index is 1.48. The number of imide groups is 1. The highest BCUT2D eigenvalue weighted by Gasteiger charge is 2.41. The lowest BCUT2D eigenvalue weighted by atomic mass is 10.1. The Morgan fingerprint density at radius 3 is 2.23 bits per heavy atom. The van der Waals surface area contributed by atoms with Gasteiger partial charge in [0.15, 0.2) is 6.61 Å². The standard InChI is InChI=1S/C22H22N2O6/c1-14(24-20(26)16-8-4-5-9-17(16)21(24)27)22(28)30-13-19(25)23-12-11-15-7-3-6-10-18(15)29-2/h3-10,14H,11-13H2,1-2H3,(H,23,25)/t14-/m1/s1. The van der Waals surface area contributed by atoms with Crippen molar-refractivity contribution in [1.82, 2.24) is 10.2 Å². The maximum Gasteiger partial charge on any atom is 0.329 e. The summed E-state index contributed by atoms with van der Waals surface area (Å²) in [6, 6.07) is 12.7. The highest BCUT2D eigenvalue weighted by Crippen LogP contribution is 2.24. The van der Waals surface area contributed by atoms with Gasteiger partial charge in [-0.2, -0.15) is 0 Å². The van der Waals surface area contributed by atoms with E-state index >= 15 is 0 Å². The summed E-state index contributed by atoms with van der Waals surface area (Å²) in [6.45, 7) is 1.23. The molecule has 0 radical (unpaired) electrons. The molecule has 0 fully saturated rings. The van der Waals surface area contributed by atoms with Crippen LogP contribution in [-0.2, 0) is 20.7 Å². The number of amides is 3. The molecule has 1 atom stereocenters. The van der Waals surface area contributed by atoms with Gasteiger partial charge in [0, 0.05) is 6.54 Å². The van der Waals surface area contributed by atoms with Crippen molar-refractivity contribution in [3.63, 3.8) is 0 Å². The first-order valence-corrected chi connectivity index (χ1v) is 9.46. The lowest BCUT2D eigenvalue weighted by molar-refractivity contribution is -0.151. The van der Waals surface area contributed by atoms with Crippen LogP contribution >= 0.6 is 0 Å². The maximum absolute atomic E-state index is 12.4. The average molecular weight is 410 g/mol. The highest BCUT2D eigenvalue weighted by molar-refractivity contribution is 6.22. The first-order chi connectivity index (χ1) is 14.4. The van der Waals surface area contributed by atoms with E-state index in [1.165, 1.54) is 19.1 Å². The number of nitrogens with zero attached hydrogens (tertiary/aromatic N) is 1. The molecule has 0 unspecified atom stereocenters. The van der Waals surface area contributed by atoms with E-state index in [1.807, 2.05) is 24.3 Å². The highest BCUT2D eigenvalue weighted by atomic mass is 16.5. The zero-order valence-electron chi connectivity index (χ0n) is 16.7. The summed E-state index contributed by atoms with van der Waals surface area (Å²) in [7, 11) is 1.58. The Bertz CT molecular complexity index is 952. The van der Waals surface area contributed by atoms with E-state index in [1.54, 1.807) is 19.2 Å². The molecule has 2 aromatic carbocycles. The van der Waals surface area contributed by atoms with E-state index in [2.05, 4.69) is 5.32 Å². The van der Waals surface area contributed by atoms with Crippen LogP contribution in [-0.4, -0.2) is 54.9 Å². The molecule has 3 rings (SSSR count). The zero-order chi connectivity index (χ0) is 21.7. The van der Waals surface area contributed by atoms with Crippen molar-refractivity contribution in [1.29, 1.82) is 0 Å². The molecule has 30 heavy (non-hydrogen) atoms. The van der Waals surface area contributed by atoms with Crippen LogP contribution in [0.2, 0.25) is 0 Å². The number of rotatable bonds is 8. The zero-order valence-corrected chi connectivity index (χ0v) is 16.7. The Morgan fingerprint density at radius 1 is 1.00 bits per heavy atom. The number of fused-ring (bicyclic) bond motifs is 1. The third kappa shape index (κ3) is 4.32. The SMILES string of the molecule is COc1ccccc1CCNC(=O)COC(=O)[C@@H](C)N1C(=O)c2ccccc2C1=O. The normalized spacial score (nSPS) is 13.6. The predicted molar refractivity (Wildman–Crippen MR) is 107 cm³/mol. The fourth-order valence-corrected chi connectivity index (χ4v) is 3.22. The van der Waals surface area contributed by atoms with Gasteiger partial charge in [-0.05, 0) is 37.1 Å². The quantitative estimate of drug-likeness (QED) is 0.524. The Hall–Kier alpha value is -3.68. The van der Waals surface area contributed by atoms with Gasteiger partial charge in [0.2, 0.25) is 0 Å². The van der Waals surface area contributed by atoms with E-state index < -0.39 is 36.3 Å². The fraction of sp³-hybridized carbons (Fsp3) is 0.273. The summed E-state index contributed by atoms with van der Waals surface area (Å²) < 4.78 is 10.3. The van der Waals surface area contributed by atoms with E-state index in [4.69, 9.17) is 9.47 Å². The molecular weight excluding hydrogens is 388 g/mol. The lowest BCUT2D eigenvalue weighted by Crippen LogP contribution is -2.44. The van der Waals surface area contributed by atoms with Crippen LogP contribution in [0.1, 0.15) is 33.2 Å². The molecule has 0 saturated heterocycles. The number of benzene rings is 2. The number of esters is 1. The molecule has 1 N–H and O–H groups in total. The number of carbonyl (C=O) groups excluding carboxylic acids is 4. The van der Waals surface area contributed by atoms with Gasteiger partial charge >= 0.3 is 5.97 Å². The van der Waals surface area contributed by atoms with Crippen molar-refractivity contribution in [3.8, 4) is 5.75 Å². The van der Waals surface area contributed by atoms with Crippen LogP contribution in [0.3, 0.4) is 0 Å². The molecule has 2 aromatic rings. The largest absolute Gasteiger partial charge is 0.496 e. The summed E-state index contributed by atoms with van der Waals surface area (Å²) >= 11 is 0. The summed E-state index contributed by atoms with van der Waals surface area (Å²) in [4.78, 5) is 50.0. The molecule has 0 spiro atoms. The Kier molecular flexibility index (Phi) is 6.46. The van der Waals surface area contributed by atoms with E-state index in [9.17, 15) is 19.2 Å². The summed E-state index contributed by atoms with van der Waals surface area (Å²) in [5, 5.41) is 2.66. The lowest BCUT2D eigenvalue weighted by Gasteiger charge is -2.20. The second kappa shape index (κ2) is 9.21. The van der Waals surface area contributed by atoms with E-state index in [-0.39, 0.29) is 11.1 Å². The molecule has 0 bridgehead atoms. The number of hydrogen-bond acceptors (Lipinski definition) is 6. The topological polar surface area (TPSA) is 102 Å². The minimum absolute atomic E-state index is 0.247. The average Bonchev–Trinajstić information content (AvgIpc) is 3.02. The molecule has 0 aromatic heterocycles. The van der Waals surface area contributed by atoms with Crippen molar-refractivity contribution < 1.29 is 28.7 Å². The smallest absolute Gasteiger partial charge is 0.329 e. The summed E-state index contributed by atoms with van der Waals surface area (Å²) in [6.07, 6.45) is 0.551. The summed E-state index contributed by atoms with van der Waals surface area (Å²) in [5.74, 6) is -1.69. The Morgan fingerprint density at radius 2 is 1.60 bits per heavy atom. The van der Waals surface area contributed by atoms with Gasteiger partial charge in [0.1, 0.15) is 11.8 Å². The van der Waals surface area contributed by atoms with Crippen molar-refractivity contribution >= 4 is 23.7 Å². The number of methoxy groups -OCH3 is 1. The van der Waals surface area contributed by atoms with Crippen LogP contribution in [0.5, 0.6) is 5.75 Å². The number of para-hydroxylation sites is 1. The minimum Gasteiger partial charge on any atom is -0.496 e. The van der Waals surface area contributed by atoms with Gasteiger partial charge in [0.05, 0.1) is 18.2 Å². The minimum atomic E-state index is -1.14. The number of hydrogen-bond donors (Lipinski definition) is 1. The third-order valence-electron chi connectivity index (χ3n) is 4.81. The van der Waals surface area contributed by atoms with E-state index in [0.717, 1.165) is 16.2 Å². The van der Waals surface area contributed by atoms with Gasteiger partial charge in [-0.1, -0.05) is 30.3 Å². The second-order valence-electron chi connectivity index (χ2n) is 6.72. The molecular formula is C22H22N2O6. The molecule has 156 valence electrons. The summed E-state index contributed by atoms with van der Waals surface area (Å²) in [5.41, 5.74) is 1.43. The molecule has 1 aliphatic heterocycles. The molecule has 8 nitrogen and oxygen atoms in total. The first kappa shape index (κ1) is 21.0. The third-order valence-corrected chi connectivity index (χ3v) is 4.81. The monoisotopic (exact) mass is 410 g/mol. The van der Waals surface area contributed by atoms with Crippen molar-refractivity contribution in [2.75, 3.05) is 20.3 Å². The molecule has 3 amide bonds. The molecule has 0 aliphatic carbocycles. The molecule has 1 aliphatic rings. The first-order valence-electron chi connectivity index (χ1n) is 9.46. The predicted octanol–water partition coefficient (Wildman–Crippen LogP) is 1.58. The van der Waals surface area contributed by atoms with Crippen LogP contribution < -0.4 is 10.1 Å². The van der Waals surface area contributed by atoms with Crippen LogP contribution in [0, 0.1) is 0 Å². The fourth-order valence-electron chi connectivity index (χ4n) is 3.22. The van der Waals surface area contributed by atoms with Crippen LogP contribution in [0.4, 0.5) is 0 Å². The van der Waals surface area contributed by atoms with Gasteiger partial charge in [0.25, 0.3) is 17.7 Å². The van der Waals surface area contributed by atoms with Crippen LogP contribution in [0.25, 0.3) is 0 Å². The number of nitrogens with one attached hydrogen (secondary N) is 1.